The second-order valence-electron chi connectivity index (χ2n) is 4.87. The van der Waals surface area contributed by atoms with Crippen LogP contribution in [0.15, 0.2) is 18.2 Å². The van der Waals surface area contributed by atoms with E-state index in [1.165, 1.54) is 31.5 Å². The van der Waals surface area contributed by atoms with Crippen molar-refractivity contribution in [3.05, 3.63) is 28.8 Å². The summed E-state index contributed by atoms with van der Waals surface area (Å²) in [7, 11) is 0. The third kappa shape index (κ3) is 2.93. The summed E-state index contributed by atoms with van der Waals surface area (Å²) < 4.78 is 0. The van der Waals surface area contributed by atoms with Gasteiger partial charge < -0.3 is 10.6 Å². The molecule has 1 atom stereocenters. The van der Waals surface area contributed by atoms with Crippen molar-refractivity contribution < 1.29 is 0 Å². The topological polar surface area (TPSA) is 29.3 Å². The number of hydrogen-bond donors (Lipinski definition) is 1. The second-order valence-corrected chi connectivity index (χ2v) is 5.30. The van der Waals surface area contributed by atoms with Gasteiger partial charge in [0.2, 0.25) is 0 Å². The molecule has 94 valence electrons. The highest BCUT2D eigenvalue weighted by atomic mass is 35.5. The van der Waals surface area contributed by atoms with Gasteiger partial charge in [0, 0.05) is 30.3 Å². The summed E-state index contributed by atoms with van der Waals surface area (Å²) in [4.78, 5) is 2.46. The Labute approximate surface area is 109 Å². The summed E-state index contributed by atoms with van der Waals surface area (Å²) in [5, 5.41) is 0.776. The van der Waals surface area contributed by atoms with Crippen molar-refractivity contribution in [3.63, 3.8) is 0 Å². The molecule has 2 rings (SSSR count). The van der Waals surface area contributed by atoms with E-state index in [0.717, 1.165) is 23.0 Å². The van der Waals surface area contributed by atoms with Gasteiger partial charge in [-0.2, -0.15) is 0 Å². The summed E-state index contributed by atoms with van der Waals surface area (Å²) in [6.45, 7) is 5.14. The highest BCUT2D eigenvalue weighted by Gasteiger charge is 2.23. The van der Waals surface area contributed by atoms with Gasteiger partial charge in [0.25, 0.3) is 0 Å². The Bertz CT molecular complexity index is 378. The molecule has 1 heterocycles. The van der Waals surface area contributed by atoms with Gasteiger partial charge in [-0.25, -0.2) is 0 Å². The van der Waals surface area contributed by atoms with E-state index in [9.17, 15) is 0 Å². The van der Waals surface area contributed by atoms with E-state index >= 15 is 0 Å². The summed E-state index contributed by atoms with van der Waals surface area (Å²) in [5.74, 6) is 0.848. The van der Waals surface area contributed by atoms with Crippen molar-refractivity contribution in [3.8, 4) is 0 Å². The second kappa shape index (κ2) is 5.74. The van der Waals surface area contributed by atoms with Crippen molar-refractivity contribution >= 4 is 17.3 Å². The SMILES string of the molecule is CCCC1CCN(c2ccc(Cl)cc2CN)C1. The summed E-state index contributed by atoms with van der Waals surface area (Å²) in [6, 6.07) is 6.06. The van der Waals surface area contributed by atoms with Crippen LogP contribution in [-0.2, 0) is 6.54 Å². The van der Waals surface area contributed by atoms with Crippen LogP contribution in [0.3, 0.4) is 0 Å². The predicted molar refractivity (Wildman–Crippen MR) is 74.6 cm³/mol. The lowest BCUT2D eigenvalue weighted by atomic mass is 10.0. The zero-order chi connectivity index (χ0) is 12.3. The van der Waals surface area contributed by atoms with Crippen LogP contribution in [0.1, 0.15) is 31.7 Å². The number of rotatable bonds is 4. The Kier molecular flexibility index (Phi) is 4.30. The minimum absolute atomic E-state index is 0.560. The van der Waals surface area contributed by atoms with Gasteiger partial charge >= 0.3 is 0 Å². The van der Waals surface area contributed by atoms with Crippen LogP contribution >= 0.6 is 11.6 Å². The molecule has 3 heteroatoms. The molecule has 0 radical (unpaired) electrons. The number of halogens is 1. The predicted octanol–water partition coefficient (Wildman–Crippen LogP) is 3.43. The van der Waals surface area contributed by atoms with Crippen molar-refractivity contribution in [2.24, 2.45) is 11.7 Å². The highest BCUT2D eigenvalue weighted by Crippen LogP contribution is 2.30. The Morgan fingerprint density at radius 1 is 1.47 bits per heavy atom. The van der Waals surface area contributed by atoms with Crippen molar-refractivity contribution in [2.75, 3.05) is 18.0 Å². The lowest BCUT2D eigenvalue weighted by molar-refractivity contribution is 0.529. The van der Waals surface area contributed by atoms with E-state index in [1.54, 1.807) is 0 Å². The van der Waals surface area contributed by atoms with Crippen LogP contribution < -0.4 is 10.6 Å². The number of benzene rings is 1. The number of anilines is 1. The molecule has 0 amide bonds. The standard InChI is InChI=1S/C14H21ClN2/c1-2-3-11-6-7-17(10-11)14-5-4-13(15)8-12(14)9-16/h4-5,8,11H,2-3,6-7,9-10,16H2,1H3. The van der Waals surface area contributed by atoms with E-state index in [-0.39, 0.29) is 0 Å². The van der Waals surface area contributed by atoms with E-state index < -0.39 is 0 Å². The zero-order valence-corrected chi connectivity index (χ0v) is 11.2. The first-order valence-corrected chi connectivity index (χ1v) is 6.85. The maximum Gasteiger partial charge on any atom is 0.0412 e. The number of hydrogen-bond acceptors (Lipinski definition) is 2. The largest absolute Gasteiger partial charge is 0.371 e. The number of nitrogens with two attached hydrogens (primary N) is 1. The molecule has 0 bridgehead atoms. The zero-order valence-electron chi connectivity index (χ0n) is 10.5. The van der Waals surface area contributed by atoms with Gasteiger partial charge in [-0.15, -0.1) is 0 Å². The van der Waals surface area contributed by atoms with Gasteiger partial charge in [-0.1, -0.05) is 24.9 Å². The maximum atomic E-state index is 6.01. The van der Waals surface area contributed by atoms with Gasteiger partial charge in [-0.05, 0) is 42.5 Å². The molecule has 1 aromatic carbocycles. The fraction of sp³-hybridized carbons (Fsp3) is 0.571. The average Bonchev–Trinajstić information content (AvgIpc) is 2.78. The smallest absolute Gasteiger partial charge is 0.0412 e. The molecule has 0 aliphatic carbocycles. The first-order valence-electron chi connectivity index (χ1n) is 6.48. The lowest BCUT2D eigenvalue weighted by Crippen LogP contribution is -2.21. The quantitative estimate of drug-likeness (QED) is 0.890. The molecule has 1 unspecified atom stereocenters. The molecule has 1 aliphatic rings. The summed E-state index contributed by atoms with van der Waals surface area (Å²) in [6.07, 6.45) is 3.92. The third-order valence-electron chi connectivity index (χ3n) is 3.58. The van der Waals surface area contributed by atoms with E-state index in [1.807, 2.05) is 12.1 Å². The Balaban J connectivity index is 2.12. The molecule has 2 N–H and O–H groups in total. The highest BCUT2D eigenvalue weighted by molar-refractivity contribution is 6.30. The van der Waals surface area contributed by atoms with E-state index in [4.69, 9.17) is 17.3 Å². The molecule has 1 aliphatic heterocycles. The summed E-state index contributed by atoms with van der Waals surface area (Å²) >= 11 is 6.01. The van der Waals surface area contributed by atoms with Crippen LogP contribution in [-0.4, -0.2) is 13.1 Å². The van der Waals surface area contributed by atoms with Crippen molar-refractivity contribution in [1.29, 1.82) is 0 Å². The number of nitrogens with zero attached hydrogens (tertiary/aromatic N) is 1. The van der Waals surface area contributed by atoms with Crippen molar-refractivity contribution in [2.45, 2.75) is 32.7 Å². The van der Waals surface area contributed by atoms with Gasteiger partial charge in [0.05, 0.1) is 0 Å². The monoisotopic (exact) mass is 252 g/mol. The Hall–Kier alpha value is -0.730. The van der Waals surface area contributed by atoms with Crippen LogP contribution in [0.4, 0.5) is 5.69 Å². The van der Waals surface area contributed by atoms with Gasteiger partial charge in [0.1, 0.15) is 0 Å². The molecule has 0 aromatic heterocycles. The third-order valence-corrected chi connectivity index (χ3v) is 3.82. The van der Waals surface area contributed by atoms with Gasteiger partial charge in [0.15, 0.2) is 0 Å². The normalized spacial score (nSPS) is 19.9. The first kappa shape index (κ1) is 12.7. The van der Waals surface area contributed by atoms with E-state index in [2.05, 4.69) is 17.9 Å². The van der Waals surface area contributed by atoms with Crippen LogP contribution in [0.5, 0.6) is 0 Å². The Morgan fingerprint density at radius 3 is 3.00 bits per heavy atom. The molecule has 17 heavy (non-hydrogen) atoms. The van der Waals surface area contributed by atoms with Gasteiger partial charge in [-0.3, -0.25) is 0 Å². The molecule has 1 saturated heterocycles. The minimum Gasteiger partial charge on any atom is -0.371 e. The molecule has 2 nitrogen and oxygen atoms in total. The van der Waals surface area contributed by atoms with Crippen LogP contribution in [0.25, 0.3) is 0 Å². The fourth-order valence-corrected chi connectivity index (χ4v) is 2.92. The molecular formula is C14H21ClN2. The van der Waals surface area contributed by atoms with Crippen LogP contribution in [0.2, 0.25) is 5.02 Å². The molecule has 1 fully saturated rings. The maximum absolute atomic E-state index is 6.01. The summed E-state index contributed by atoms with van der Waals surface area (Å²) in [5.41, 5.74) is 8.23. The molecule has 1 aromatic rings. The minimum atomic E-state index is 0.560. The van der Waals surface area contributed by atoms with E-state index in [0.29, 0.717) is 6.54 Å². The lowest BCUT2D eigenvalue weighted by Gasteiger charge is -2.22. The molecule has 0 saturated carbocycles. The first-order chi connectivity index (χ1) is 8.24. The van der Waals surface area contributed by atoms with Crippen LogP contribution in [0, 0.1) is 5.92 Å². The molecular weight excluding hydrogens is 232 g/mol. The fourth-order valence-electron chi connectivity index (χ4n) is 2.72. The average molecular weight is 253 g/mol. The molecule has 0 spiro atoms. The Morgan fingerprint density at radius 2 is 2.29 bits per heavy atom. The van der Waals surface area contributed by atoms with Crippen molar-refractivity contribution in [1.82, 2.24) is 0 Å².